The van der Waals surface area contributed by atoms with Gasteiger partial charge in [0.1, 0.15) is 5.60 Å². The molecule has 2 unspecified atom stereocenters. The molecule has 0 aromatic rings. The Balaban J connectivity index is 1.78. The molecule has 0 aromatic heterocycles. The Labute approximate surface area is 141 Å². The molecule has 5 heteroatoms. The van der Waals surface area contributed by atoms with E-state index in [4.69, 9.17) is 4.74 Å². The molecule has 0 radical (unpaired) electrons. The number of carbonyl (C=O) groups is 1. The van der Waals surface area contributed by atoms with E-state index in [0.717, 1.165) is 38.4 Å². The van der Waals surface area contributed by atoms with Crippen LogP contribution in [0.3, 0.4) is 0 Å². The van der Waals surface area contributed by atoms with Gasteiger partial charge in [-0.2, -0.15) is 0 Å². The molecule has 0 aromatic carbocycles. The van der Waals surface area contributed by atoms with Crippen molar-refractivity contribution in [3.8, 4) is 0 Å². The Hall–Kier alpha value is -0.810. The standard InChI is InChI=1S/C18H35N3O2/c1-18(2,3)23-17(22)21-11-6-5-9-16(21)13-19-12-15-8-7-10-20(4)14-15/h15-16,19H,5-14H2,1-4H3. The van der Waals surface area contributed by atoms with E-state index in [1.54, 1.807) is 0 Å². The van der Waals surface area contributed by atoms with Crippen molar-refractivity contribution in [3.05, 3.63) is 0 Å². The lowest BCUT2D eigenvalue weighted by molar-refractivity contribution is 0.00981. The van der Waals surface area contributed by atoms with Crippen LogP contribution < -0.4 is 5.32 Å². The minimum Gasteiger partial charge on any atom is -0.444 e. The summed E-state index contributed by atoms with van der Waals surface area (Å²) in [4.78, 5) is 16.8. The highest BCUT2D eigenvalue weighted by molar-refractivity contribution is 5.68. The van der Waals surface area contributed by atoms with Crippen molar-refractivity contribution in [2.75, 3.05) is 39.8 Å². The first-order chi connectivity index (χ1) is 10.8. The van der Waals surface area contributed by atoms with E-state index in [-0.39, 0.29) is 12.1 Å². The fraction of sp³-hybridized carbons (Fsp3) is 0.944. The third-order valence-corrected chi connectivity index (χ3v) is 4.79. The first-order valence-electron chi connectivity index (χ1n) is 9.24. The van der Waals surface area contributed by atoms with E-state index in [1.807, 2.05) is 25.7 Å². The molecular weight excluding hydrogens is 290 g/mol. The maximum atomic E-state index is 12.4. The van der Waals surface area contributed by atoms with E-state index >= 15 is 0 Å². The van der Waals surface area contributed by atoms with Crippen LogP contribution >= 0.6 is 0 Å². The zero-order chi connectivity index (χ0) is 16.9. The second kappa shape index (κ2) is 8.34. The van der Waals surface area contributed by atoms with Crippen molar-refractivity contribution < 1.29 is 9.53 Å². The maximum Gasteiger partial charge on any atom is 0.410 e. The van der Waals surface area contributed by atoms with Crippen LogP contribution in [0.1, 0.15) is 52.9 Å². The number of hydrogen-bond donors (Lipinski definition) is 1. The maximum absolute atomic E-state index is 12.4. The third-order valence-electron chi connectivity index (χ3n) is 4.79. The molecule has 2 fully saturated rings. The lowest BCUT2D eigenvalue weighted by Crippen LogP contribution is -2.51. The van der Waals surface area contributed by atoms with Gasteiger partial charge in [0.15, 0.2) is 0 Å². The highest BCUT2D eigenvalue weighted by Gasteiger charge is 2.30. The molecule has 0 spiro atoms. The van der Waals surface area contributed by atoms with Crippen LogP contribution in [0.15, 0.2) is 0 Å². The average Bonchev–Trinajstić information content (AvgIpc) is 2.46. The van der Waals surface area contributed by atoms with E-state index in [2.05, 4.69) is 17.3 Å². The molecule has 2 aliphatic heterocycles. The molecular formula is C18H35N3O2. The molecule has 2 atom stereocenters. The number of carbonyl (C=O) groups excluding carboxylic acids is 1. The number of rotatable bonds is 4. The van der Waals surface area contributed by atoms with Gasteiger partial charge in [-0.1, -0.05) is 0 Å². The molecule has 1 amide bonds. The lowest BCUT2D eigenvalue weighted by Gasteiger charge is -2.37. The van der Waals surface area contributed by atoms with Gasteiger partial charge in [0, 0.05) is 25.7 Å². The average molecular weight is 325 g/mol. The number of hydrogen-bond acceptors (Lipinski definition) is 4. The monoisotopic (exact) mass is 325 g/mol. The minimum absolute atomic E-state index is 0.151. The molecule has 2 rings (SSSR count). The number of likely N-dealkylation sites (tertiary alicyclic amines) is 2. The second-order valence-electron chi connectivity index (χ2n) is 8.25. The Morgan fingerprint density at radius 1 is 1.13 bits per heavy atom. The lowest BCUT2D eigenvalue weighted by atomic mass is 9.98. The molecule has 23 heavy (non-hydrogen) atoms. The molecule has 2 aliphatic rings. The van der Waals surface area contributed by atoms with Crippen molar-refractivity contribution in [3.63, 3.8) is 0 Å². The first kappa shape index (κ1) is 18.5. The molecule has 5 nitrogen and oxygen atoms in total. The number of nitrogens with one attached hydrogen (secondary N) is 1. The largest absolute Gasteiger partial charge is 0.444 e. The fourth-order valence-electron chi connectivity index (χ4n) is 3.67. The normalized spacial score (nSPS) is 27.0. The Morgan fingerprint density at radius 3 is 2.61 bits per heavy atom. The first-order valence-corrected chi connectivity index (χ1v) is 9.24. The summed E-state index contributed by atoms with van der Waals surface area (Å²) in [6.07, 6.45) is 5.84. The quantitative estimate of drug-likeness (QED) is 0.863. The molecule has 2 heterocycles. The summed E-state index contributed by atoms with van der Waals surface area (Å²) in [5.41, 5.74) is -0.417. The van der Waals surface area contributed by atoms with Crippen molar-refractivity contribution in [1.82, 2.24) is 15.1 Å². The van der Waals surface area contributed by atoms with Gasteiger partial charge in [0.05, 0.1) is 0 Å². The Kier molecular flexibility index (Phi) is 6.72. The second-order valence-corrected chi connectivity index (χ2v) is 8.25. The summed E-state index contributed by atoms with van der Waals surface area (Å²) in [5.74, 6) is 0.743. The zero-order valence-corrected chi connectivity index (χ0v) is 15.4. The smallest absolute Gasteiger partial charge is 0.410 e. The topological polar surface area (TPSA) is 44.8 Å². The zero-order valence-electron chi connectivity index (χ0n) is 15.4. The molecule has 134 valence electrons. The number of nitrogens with zero attached hydrogens (tertiary/aromatic N) is 2. The Bertz CT molecular complexity index is 381. The van der Waals surface area contributed by atoms with Gasteiger partial charge in [0.2, 0.25) is 0 Å². The summed E-state index contributed by atoms with van der Waals surface area (Å²) in [6.45, 7) is 11.0. The summed E-state index contributed by atoms with van der Waals surface area (Å²) in [5, 5.41) is 3.62. The van der Waals surface area contributed by atoms with E-state index in [0.29, 0.717) is 0 Å². The van der Waals surface area contributed by atoms with E-state index in [1.165, 1.54) is 32.4 Å². The van der Waals surface area contributed by atoms with Gasteiger partial charge in [-0.05, 0) is 78.9 Å². The van der Waals surface area contributed by atoms with Gasteiger partial charge >= 0.3 is 6.09 Å². The van der Waals surface area contributed by atoms with Crippen LogP contribution in [0.4, 0.5) is 4.79 Å². The van der Waals surface area contributed by atoms with Crippen LogP contribution in [0.2, 0.25) is 0 Å². The molecule has 0 bridgehead atoms. The van der Waals surface area contributed by atoms with Gasteiger partial charge in [0.25, 0.3) is 0 Å². The highest BCUT2D eigenvalue weighted by atomic mass is 16.6. The SMILES string of the molecule is CN1CCCC(CNCC2CCCCN2C(=O)OC(C)(C)C)C1. The number of piperidine rings is 2. The third kappa shape index (κ3) is 6.30. The molecule has 1 N–H and O–H groups in total. The van der Waals surface area contributed by atoms with Gasteiger partial charge in [-0.15, -0.1) is 0 Å². The van der Waals surface area contributed by atoms with Crippen LogP contribution in [0.5, 0.6) is 0 Å². The summed E-state index contributed by atoms with van der Waals surface area (Å²) < 4.78 is 5.57. The van der Waals surface area contributed by atoms with Gasteiger partial charge in [-0.3, -0.25) is 0 Å². The van der Waals surface area contributed by atoms with Crippen LogP contribution in [-0.4, -0.2) is 67.3 Å². The summed E-state index contributed by atoms with van der Waals surface area (Å²) in [7, 11) is 2.21. The van der Waals surface area contributed by atoms with Crippen LogP contribution in [0.25, 0.3) is 0 Å². The summed E-state index contributed by atoms with van der Waals surface area (Å²) in [6, 6.07) is 0.278. The Morgan fingerprint density at radius 2 is 1.91 bits per heavy atom. The fourth-order valence-corrected chi connectivity index (χ4v) is 3.67. The van der Waals surface area contributed by atoms with E-state index < -0.39 is 5.60 Å². The van der Waals surface area contributed by atoms with Gasteiger partial charge in [-0.25, -0.2) is 4.79 Å². The molecule has 0 saturated carbocycles. The molecule has 2 saturated heterocycles. The summed E-state index contributed by atoms with van der Waals surface area (Å²) >= 11 is 0. The van der Waals surface area contributed by atoms with Crippen molar-refractivity contribution in [2.45, 2.75) is 64.5 Å². The predicted molar refractivity (Wildman–Crippen MR) is 93.7 cm³/mol. The number of ether oxygens (including phenoxy) is 1. The van der Waals surface area contributed by atoms with Crippen molar-refractivity contribution in [1.29, 1.82) is 0 Å². The van der Waals surface area contributed by atoms with Crippen LogP contribution in [-0.2, 0) is 4.74 Å². The molecule has 0 aliphatic carbocycles. The number of amides is 1. The van der Waals surface area contributed by atoms with Crippen LogP contribution in [0, 0.1) is 5.92 Å². The predicted octanol–water partition coefficient (Wildman–Crippen LogP) is 2.71. The van der Waals surface area contributed by atoms with Crippen molar-refractivity contribution in [2.24, 2.45) is 5.92 Å². The highest BCUT2D eigenvalue weighted by Crippen LogP contribution is 2.20. The van der Waals surface area contributed by atoms with Gasteiger partial charge < -0.3 is 19.9 Å². The van der Waals surface area contributed by atoms with E-state index in [9.17, 15) is 4.79 Å². The van der Waals surface area contributed by atoms with Crippen molar-refractivity contribution >= 4 is 6.09 Å². The minimum atomic E-state index is -0.417.